The van der Waals surface area contributed by atoms with Crippen molar-refractivity contribution in [1.82, 2.24) is 20.2 Å². The first kappa shape index (κ1) is 26.7. The Balaban J connectivity index is 1.68. The molecule has 9 nitrogen and oxygen atoms in total. The van der Waals surface area contributed by atoms with Crippen LogP contribution in [0, 0.1) is 23.6 Å². The number of carbonyl (C=O) groups excluding carboxylic acids is 1. The van der Waals surface area contributed by atoms with Crippen LogP contribution in [0.5, 0.6) is 0 Å². The van der Waals surface area contributed by atoms with Gasteiger partial charge in [-0.2, -0.15) is 4.98 Å². The monoisotopic (exact) mass is 496 g/mol. The lowest BCUT2D eigenvalue weighted by atomic mass is 9.86. The van der Waals surface area contributed by atoms with E-state index in [2.05, 4.69) is 44.7 Å². The molecule has 1 aliphatic rings. The van der Waals surface area contributed by atoms with Crippen LogP contribution in [0.25, 0.3) is 0 Å². The summed E-state index contributed by atoms with van der Waals surface area (Å²) in [5.41, 5.74) is 1.21. The smallest absolute Gasteiger partial charge is 0.407 e. The number of anilines is 3. The number of benzene rings is 1. The van der Waals surface area contributed by atoms with Gasteiger partial charge in [-0.25, -0.2) is 14.2 Å². The van der Waals surface area contributed by atoms with Crippen molar-refractivity contribution >= 4 is 29.5 Å². The van der Waals surface area contributed by atoms with E-state index in [0.717, 1.165) is 30.6 Å². The van der Waals surface area contributed by atoms with Crippen LogP contribution in [0.15, 0.2) is 30.5 Å². The quantitative estimate of drug-likeness (QED) is 0.404. The van der Waals surface area contributed by atoms with Gasteiger partial charge < -0.3 is 21.1 Å². The molecule has 1 aromatic heterocycles. The molecule has 3 rings (SSSR count). The van der Waals surface area contributed by atoms with E-state index in [9.17, 15) is 14.0 Å². The molecule has 2 aromatic rings. The topological polar surface area (TPSA) is 119 Å². The summed E-state index contributed by atoms with van der Waals surface area (Å²) in [6.45, 7) is 4.34. The van der Waals surface area contributed by atoms with Crippen LogP contribution in [0.3, 0.4) is 0 Å². The highest BCUT2D eigenvalue weighted by Gasteiger charge is 2.27. The minimum Gasteiger partial charge on any atom is -0.465 e. The van der Waals surface area contributed by atoms with Gasteiger partial charge in [0.05, 0.1) is 11.8 Å². The number of hydrogen-bond acceptors (Lipinski definition) is 6. The van der Waals surface area contributed by atoms with Crippen molar-refractivity contribution < 1.29 is 19.1 Å². The fourth-order valence-electron chi connectivity index (χ4n) is 3.90. The average Bonchev–Trinajstić information content (AvgIpc) is 2.86. The maximum Gasteiger partial charge on any atom is 0.407 e. The fraction of sp³-hybridized carbons (Fsp3) is 0.462. The molecule has 1 saturated carbocycles. The summed E-state index contributed by atoms with van der Waals surface area (Å²) in [6, 6.07) is 5.26. The van der Waals surface area contributed by atoms with E-state index in [1.807, 2.05) is 0 Å². The summed E-state index contributed by atoms with van der Waals surface area (Å²) in [4.78, 5) is 33.5. The summed E-state index contributed by atoms with van der Waals surface area (Å²) in [7, 11) is 1.38. The zero-order chi connectivity index (χ0) is 26.1. The van der Waals surface area contributed by atoms with Gasteiger partial charge in [0.25, 0.3) is 0 Å². The standard InChI is InChI=1S/C26H33FN6O3/c1-4-13-28-23-19(16-29-25(32-23)31-22-10-6-8-20(27)15-22)12-11-18-7-5-9-21(14-18)30-24(34)17(2)33(3)26(35)36/h6,8,10,15-18,21H,4-5,7,9,13-14H2,1-3H3,(H,30,34)(H,35,36)(H2,28,29,31,32)/t17-,18-,21-/m0/s1. The zero-order valence-corrected chi connectivity index (χ0v) is 20.8. The molecule has 3 atom stereocenters. The number of hydrogen-bond donors (Lipinski definition) is 4. The predicted molar refractivity (Wildman–Crippen MR) is 137 cm³/mol. The molecule has 1 aliphatic carbocycles. The SMILES string of the molecule is CCCNc1nc(Nc2cccc(F)c2)ncc1C#C[C@@H]1CCC[C@H](NC(=O)[C@H](C)N(C)C(=O)O)C1. The van der Waals surface area contributed by atoms with Gasteiger partial charge in [0.15, 0.2) is 0 Å². The van der Waals surface area contributed by atoms with Crippen molar-refractivity contribution in [1.29, 1.82) is 0 Å². The molecule has 4 N–H and O–H groups in total. The van der Waals surface area contributed by atoms with Crippen LogP contribution in [-0.2, 0) is 4.79 Å². The third-order valence-corrected chi connectivity index (χ3v) is 6.11. The molecule has 192 valence electrons. The fourth-order valence-corrected chi connectivity index (χ4v) is 3.90. The second kappa shape index (κ2) is 12.7. The van der Waals surface area contributed by atoms with E-state index in [4.69, 9.17) is 5.11 Å². The third-order valence-electron chi connectivity index (χ3n) is 6.11. The molecule has 1 heterocycles. The van der Waals surface area contributed by atoms with Crippen molar-refractivity contribution in [2.45, 2.75) is 58.0 Å². The lowest BCUT2D eigenvalue weighted by Gasteiger charge is -2.29. The molecule has 1 fully saturated rings. The second-order valence-corrected chi connectivity index (χ2v) is 8.93. The summed E-state index contributed by atoms with van der Waals surface area (Å²) in [5, 5.41) is 18.4. The van der Waals surface area contributed by atoms with Gasteiger partial charge in [-0.15, -0.1) is 0 Å². The van der Waals surface area contributed by atoms with Crippen LogP contribution in [0.2, 0.25) is 0 Å². The summed E-state index contributed by atoms with van der Waals surface area (Å²) < 4.78 is 13.5. The Morgan fingerprint density at radius 1 is 1.33 bits per heavy atom. The number of nitrogens with one attached hydrogen (secondary N) is 3. The lowest BCUT2D eigenvalue weighted by Crippen LogP contribution is -2.49. The van der Waals surface area contributed by atoms with E-state index < -0.39 is 12.1 Å². The molecule has 0 radical (unpaired) electrons. The Labute approximate surface area is 210 Å². The maximum atomic E-state index is 13.5. The van der Waals surface area contributed by atoms with E-state index in [-0.39, 0.29) is 23.7 Å². The highest BCUT2D eigenvalue weighted by molar-refractivity contribution is 5.85. The molecule has 0 bridgehead atoms. The van der Waals surface area contributed by atoms with Crippen LogP contribution < -0.4 is 16.0 Å². The van der Waals surface area contributed by atoms with Gasteiger partial charge in [-0.3, -0.25) is 9.69 Å². The van der Waals surface area contributed by atoms with Gasteiger partial charge in [-0.05, 0) is 50.8 Å². The van der Waals surface area contributed by atoms with E-state index >= 15 is 0 Å². The molecule has 36 heavy (non-hydrogen) atoms. The molecule has 2 amide bonds. The lowest BCUT2D eigenvalue weighted by molar-refractivity contribution is -0.125. The average molecular weight is 497 g/mol. The van der Waals surface area contributed by atoms with Crippen molar-refractivity contribution in [2.75, 3.05) is 24.2 Å². The van der Waals surface area contributed by atoms with Crippen LogP contribution >= 0.6 is 0 Å². The number of carboxylic acid groups (broad SMARTS) is 1. The van der Waals surface area contributed by atoms with E-state index in [0.29, 0.717) is 36.0 Å². The Hall–Kier alpha value is -3.87. The van der Waals surface area contributed by atoms with Gasteiger partial charge in [-0.1, -0.05) is 31.3 Å². The number of halogens is 1. The van der Waals surface area contributed by atoms with Crippen molar-refractivity contribution in [3.63, 3.8) is 0 Å². The van der Waals surface area contributed by atoms with E-state index in [1.165, 1.54) is 19.2 Å². The van der Waals surface area contributed by atoms with Gasteiger partial charge in [0.1, 0.15) is 17.7 Å². The number of likely N-dealkylation sites (N-methyl/N-ethyl adjacent to an activating group) is 1. The Kier molecular flexibility index (Phi) is 9.45. The van der Waals surface area contributed by atoms with Crippen LogP contribution in [0.4, 0.5) is 26.6 Å². The normalized spacial score (nSPS) is 17.8. The number of amides is 2. The molecule has 0 saturated heterocycles. The van der Waals surface area contributed by atoms with Gasteiger partial charge in [0.2, 0.25) is 11.9 Å². The van der Waals surface area contributed by atoms with Gasteiger partial charge in [0, 0.05) is 31.2 Å². The Morgan fingerprint density at radius 3 is 2.86 bits per heavy atom. The van der Waals surface area contributed by atoms with E-state index in [1.54, 1.807) is 25.3 Å². The molecular formula is C26H33FN6O3. The largest absolute Gasteiger partial charge is 0.465 e. The summed E-state index contributed by atoms with van der Waals surface area (Å²) in [5.74, 6) is 6.87. The second-order valence-electron chi connectivity index (χ2n) is 8.93. The van der Waals surface area contributed by atoms with Crippen molar-refractivity contribution in [3.8, 4) is 11.8 Å². The minimum atomic E-state index is -1.14. The summed E-state index contributed by atoms with van der Waals surface area (Å²) in [6.07, 6.45) is 4.77. The number of rotatable bonds is 8. The number of aromatic nitrogens is 2. The van der Waals surface area contributed by atoms with Crippen molar-refractivity contribution in [3.05, 3.63) is 41.8 Å². The summed E-state index contributed by atoms with van der Waals surface area (Å²) >= 11 is 0. The minimum absolute atomic E-state index is 0.0537. The zero-order valence-electron chi connectivity index (χ0n) is 20.8. The first-order valence-electron chi connectivity index (χ1n) is 12.2. The highest BCUT2D eigenvalue weighted by Crippen LogP contribution is 2.25. The molecule has 0 unspecified atom stereocenters. The molecule has 0 aliphatic heterocycles. The first-order chi connectivity index (χ1) is 17.3. The Morgan fingerprint density at radius 2 is 2.14 bits per heavy atom. The maximum absolute atomic E-state index is 13.5. The predicted octanol–water partition coefficient (Wildman–Crippen LogP) is 4.21. The number of carbonyl (C=O) groups is 2. The Bertz CT molecular complexity index is 1130. The van der Waals surface area contributed by atoms with Crippen molar-refractivity contribution in [2.24, 2.45) is 5.92 Å². The molecular weight excluding hydrogens is 463 g/mol. The van der Waals surface area contributed by atoms with Crippen LogP contribution in [-0.4, -0.2) is 57.7 Å². The first-order valence-corrected chi connectivity index (χ1v) is 12.2. The number of nitrogens with zero attached hydrogens (tertiary/aromatic N) is 3. The molecule has 0 spiro atoms. The molecule has 10 heteroatoms. The third kappa shape index (κ3) is 7.57. The van der Waals surface area contributed by atoms with Gasteiger partial charge >= 0.3 is 6.09 Å². The highest BCUT2D eigenvalue weighted by atomic mass is 19.1. The van der Waals surface area contributed by atoms with Crippen LogP contribution in [0.1, 0.15) is 51.5 Å². The molecule has 1 aromatic carbocycles.